The van der Waals surface area contributed by atoms with Crippen LogP contribution in [0.25, 0.3) is 11.3 Å². The molecule has 5 nitrogen and oxygen atoms in total. The maximum atomic E-state index is 12.0. The molecule has 24 heavy (non-hydrogen) atoms. The Morgan fingerprint density at radius 3 is 2.67 bits per heavy atom. The Kier molecular flexibility index (Phi) is 4.82. The Labute approximate surface area is 145 Å². The maximum Gasteiger partial charge on any atom is 0.320 e. The molecule has 0 atom stereocenters. The second kappa shape index (κ2) is 7.19. The fraction of sp³-hybridized carbons (Fsp3) is 0.111. The Bertz CT molecular complexity index is 845. The van der Waals surface area contributed by atoms with Gasteiger partial charge in [-0.25, -0.2) is 4.79 Å². The van der Waals surface area contributed by atoms with Crippen molar-refractivity contribution >= 4 is 23.4 Å². The molecule has 0 fully saturated rings. The summed E-state index contributed by atoms with van der Waals surface area (Å²) in [5.74, 6) is 0.500. The topological polar surface area (TPSA) is 59.0 Å². The fourth-order valence-electron chi connectivity index (χ4n) is 2.40. The van der Waals surface area contributed by atoms with Crippen molar-refractivity contribution in [3.63, 3.8) is 0 Å². The monoisotopic (exact) mass is 340 g/mol. The summed E-state index contributed by atoms with van der Waals surface area (Å²) in [6, 6.07) is 18.8. The minimum atomic E-state index is -0.312. The molecular formula is C18H17ClN4O. The van der Waals surface area contributed by atoms with E-state index in [1.165, 1.54) is 0 Å². The largest absolute Gasteiger partial charge is 0.334 e. The van der Waals surface area contributed by atoms with Crippen LogP contribution in [0.15, 0.2) is 60.7 Å². The van der Waals surface area contributed by atoms with Crippen molar-refractivity contribution < 1.29 is 4.79 Å². The summed E-state index contributed by atoms with van der Waals surface area (Å²) in [6.07, 6.45) is 0. The summed E-state index contributed by atoms with van der Waals surface area (Å²) in [6.45, 7) is 0.394. The van der Waals surface area contributed by atoms with Gasteiger partial charge in [0.15, 0.2) is 5.82 Å². The summed E-state index contributed by atoms with van der Waals surface area (Å²) < 4.78 is 1.74. The number of urea groups is 1. The Balaban J connectivity index is 1.63. The van der Waals surface area contributed by atoms with Gasteiger partial charge in [-0.1, -0.05) is 54.1 Å². The maximum absolute atomic E-state index is 12.0. The number of aromatic nitrogens is 2. The number of hydrogen-bond acceptors (Lipinski definition) is 2. The van der Waals surface area contributed by atoms with E-state index < -0.39 is 0 Å². The van der Waals surface area contributed by atoms with Crippen LogP contribution < -0.4 is 10.6 Å². The number of rotatable bonds is 4. The lowest BCUT2D eigenvalue weighted by molar-refractivity contribution is 0.251. The second-order valence-electron chi connectivity index (χ2n) is 5.34. The molecule has 6 heteroatoms. The highest BCUT2D eigenvalue weighted by molar-refractivity contribution is 6.30. The van der Waals surface area contributed by atoms with Crippen molar-refractivity contribution in [1.82, 2.24) is 15.1 Å². The van der Waals surface area contributed by atoms with Crippen molar-refractivity contribution in [2.75, 3.05) is 5.32 Å². The van der Waals surface area contributed by atoms with Crippen LogP contribution in [0.3, 0.4) is 0 Å². The molecule has 0 bridgehead atoms. The molecule has 1 heterocycles. The van der Waals surface area contributed by atoms with E-state index in [1.54, 1.807) is 10.7 Å². The third kappa shape index (κ3) is 3.94. The van der Waals surface area contributed by atoms with Crippen LogP contribution in [0, 0.1) is 0 Å². The minimum absolute atomic E-state index is 0.312. The number of hydrogen-bond donors (Lipinski definition) is 2. The SMILES string of the molecule is Cn1nc(NC(=O)NCc2cccc(Cl)c2)cc1-c1ccccc1. The molecule has 0 spiro atoms. The molecule has 0 unspecified atom stereocenters. The van der Waals surface area contributed by atoms with Crippen LogP contribution in [0.2, 0.25) is 5.02 Å². The summed E-state index contributed by atoms with van der Waals surface area (Å²) >= 11 is 5.93. The first-order valence-corrected chi connectivity index (χ1v) is 7.88. The number of carbonyl (C=O) groups is 1. The first kappa shape index (κ1) is 16.1. The first-order chi connectivity index (χ1) is 11.6. The zero-order chi connectivity index (χ0) is 16.9. The Morgan fingerprint density at radius 2 is 1.92 bits per heavy atom. The molecule has 2 amide bonds. The molecule has 1 aromatic heterocycles. The highest BCUT2D eigenvalue weighted by Crippen LogP contribution is 2.21. The van der Waals surface area contributed by atoms with Gasteiger partial charge in [0.2, 0.25) is 0 Å². The number of benzene rings is 2. The third-order valence-corrected chi connectivity index (χ3v) is 3.77. The van der Waals surface area contributed by atoms with Crippen LogP contribution in [0.4, 0.5) is 10.6 Å². The van der Waals surface area contributed by atoms with Gasteiger partial charge in [0.1, 0.15) is 0 Å². The number of nitrogens with one attached hydrogen (secondary N) is 2. The molecule has 3 aromatic rings. The molecule has 0 radical (unpaired) electrons. The van der Waals surface area contributed by atoms with Crippen molar-refractivity contribution in [2.24, 2.45) is 7.05 Å². The lowest BCUT2D eigenvalue weighted by Gasteiger charge is -2.05. The van der Waals surface area contributed by atoms with E-state index in [-0.39, 0.29) is 6.03 Å². The fourth-order valence-corrected chi connectivity index (χ4v) is 2.61. The minimum Gasteiger partial charge on any atom is -0.334 e. The number of amides is 2. The van der Waals surface area contributed by atoms with Gasteiger partial charge in [-0.15, -0.1) is 0 Å². The number of aryl methyl sites for hydroxylation is 1. The van der Waals surface area contributed by atoms with Gasteiger partial charge >= 0.3 is 6.03 Å². The van der Waals surface area contributed by atoms with E-state index in [2.05, 4.69) is 15.7 Å². The van der Waals surface area contributed by atoms with E-state index in [1.807, 2.05) is 61.6 Å². The summed E-state index contributed by atoms with van der Waals surface area (Å²) in [7, 11) is 1.84. The number of halogens is 1. The van der Waals surface area contributed by atoms with Gasteiger partial charge in [0, 0.05) is 24.7 Å². The summed E-state index contributed by atoms with van der Waals surface area (Å²) in [4.78, 5) is 12.0. The van der Waals surface area contributed by atoms with Gasteiger partial charge < -0.3 is 5.32 Å². The van der Waals surface area contributed by atoms with Crippen LogP contribution in [-0.4, -0.2) is 15.8 Å². The van der Waals surface area contributed by atoms with Crippen LogP contribution in [0.1, 0.15) is 5.56 Å². The van der Waals surface area contributed by atoms with Gasteiger partial charge in [-0.05, 0) is 23.3 Å². The van der Waals surface area contributed by atoms with Gasteiger partial charge in [0.25, 0.3) is 0 Å². The Morgan fingerprint density at radius 1 is 1.12 bits per heavy atom. The lowest BCUT2D eigenvalue weighted by atomic mass is 10.1. The van der Waals surface area contributed by atoms with Gasteiger partial charge in [-0.2, -0.15) is 5.10 Å². The molecule has 0 saturated carbocycles. The predicted octanol–water partition coefficient (Wildman–Crippen LogP) is 4.06. The first-order valence-electron chi connectivity index (χ1n) is 7.50. The van der Waals surface area contributed by atoms with E-state index >= 15 is 0 Å². The lowest BCUT2D eigenvalue weighted by Crippen LogP contribution is -2.28. The molecule has 3 rings (SSSR count). The van der Waals surface area contributed by atoms with E-state index in [0.717, 1.165) is 16.8 Å². The van der Waals surface area contributed by atoms with Crippen molar-refractivity contribution in [3.05, 3.63) is 71.2 Å². The highest BCUT2D eigenvalue weighted by atomic mass is 35.5. The summed E-state index contributed by atoms with van der Waals surface area (Å²) in [5, 5.41) is 10.5. The average molecular weight is 341 g/mol. The number of carbonyl (C=O) groups excluding carboxylic acids is 1. The molecule has 122 valence electrons. The molecule has 2 N–H and O–H groups in total. The smallest absolute Gasteiger partial charge is 0.320 e. The molecule has 0 aliphatic carbocycles. The molecule has 0 aliphatic heterocycles. The molecule has 0 saturated heterocycles. The van der Waals surface area contributed by atoms with Crippen LogP contribution >= 0.6 is 11.6 Å². The van der Waals surface area contributed by atoms with E-state index in [0.29, 0.717) is 17.4 Å². The van der Waals surface area contributed by atoms with Crippen molar-refractivity contribution in [3.8, 4) is 11.3 Å². The Hall–Kier alpha value is -2.79. The van der Waals surface area contributed by atoms with Gasteiger partial charge in [0.05, 0.1) is 5.69 Å². The quantitative estimate of drug-likeness (QED) is 0.752. The summed E-state index contributed by atoms with van der Waals surface area (Å²) in [5.41, 5.74) is 2.91. The molecule has 0 aliphatic rings. The normalized spacial score (nSPS) is 10.4. The number of nitrogens with zero attached hydrogens (tertiary/aromatic N) is 2. The van der Waals surface area contributed by atoms with Crippen LogP contribution in [0.5, 0.6) is 0 Å². The van der Waals surface area contributed by atoms with Crippen LogP contribution in [-0.2, 0) is 13.6 Å². The molecule has 2 aromatic carbocycles. The number of anilines is 1. The zero-order valence-corrected chi connectivity index (χ0v) is 13.9. The predicted molar refractivity (Wildman–Crippen MR) is 96.0 cm³/mol. The third-order valence-electron chi connectivity index (χ3n) is 3.53. The van der Waals surface area contributed by atoms with Gasteiger partial charge in [-0.3, -0.25) is 10.00 Å². The van der Waals surface area contributed by atoms with E-state index in [9.17, 15) is 4.79 Å². The molecular weight excluding hydrogens is 324 g/mol. The average Bonchev–Trinajstić information content (AvgIpc) is 2.94. The highest BCUT2D eigenvalue weighted by Gasteiger charge is 2.09. The van der Waals surface area contributed by atoms with Crippen molar-refractivity contribution in [1.29, 1.82) is 0 Å². The zero-order valence-electron chi connectivity index (χ0n) is 13.2. The van der Waals surface area contributed by atoms with Crippen molar-refractivity contribution in [2.45, 2.75) is 6.54 Å². The standard InChI is InChI=1S/C18H17ClN4O/c1-23-16(14-7-3-2-4-8-14)11-17(22-23)21-18(24)20-12-13-6-5-9-15(19)10-13/h2-11H,12H2,1H3,(H2,20,21,22,24). The second-order valence-corrected chi connectivity index (χ2v) is 5.78. The van der Waals surface area contributed by atoms with E-state index in [4.69, 9.17) is 11.6 Å².